The molecule has 3 nitrogen and oxygen atoms in total. The predicted octanol–water partition coefficient (Wildman–Crippen LogP) is 3.27. The van der Waals surface area contributed by atoms with E-state index < -0.39 is 0 Å². The molecular weight excluding hydrogens is 222 g/mol. The standard InChI is InChI=1S/C15H19N3/c1-10(2)14-13-8-9-16-15(13)18(17-14)12-6-4-11(3)5-7-12/h4-7,10,16H,8-9H2,1-3H3. The van der Waals surface area contributed by atoms with Gasteiger partial charge in [-0.15, -0.1) is 0 Å². The first-order valence-corrected chi connectivity index (χ1v) is 6.59. The quantitative estimate of drug-likeness (QED) is 0.874. The highest BCUT2D eigenvalue weighted by atomic mass is 15.3. The molecule has 2 heterocycles. The molecular formula is C15H19N3. The maximum Gasteiger partial charge on any atom is 0.133 e. The van der Waals surface area contributed by atoms with Crippen LogP contribution >= 0.6 is 0 Å². The second-order valence-corrected chi connectivity index (χ2v) is 5.29. The van der Waals surface area contributed by atoms with Crippen molar-refractivity contribution in [3.63, 3.8) is 0 Å². The van der Waals surface area contributed by atoms with Crippen molar-refractivity contribution in [2.75, 3.05) is 11.9 Å². The fourth-order valence-corrected chi connectivity index (χ4v) is 2.54. The van der Waals surface area contributed by atoms with Crippen LogP contribution in [0.5, 0.6) is 0 Å². The highest BCUT2D eigenvalue weighted by Crippen LogP contribution is 2.32. The van der Waals surface area contributed by atoms with E-state index in [4.69, 9.17) is 5.10 Å². The predicted molar refractivity (Wildman–Crippen MR) is 74.6 cm³/mol. The van der Waals surface area contributed by atoms with Gasteiger partial charge in [0, 0.05) is 12.1 Å². The SMILES string of the molecule is Cc1ccc(-n2nc(C(C)C)c3c2NCC3)cc1. The molecule has 0 saturated heterocycles. The molecule has 1 aromatic carbocycles. The molecule has 18 heavy (non-hydrogen) atoms. The van der Waals surface area contributed by atoms with E-state index in [1.165, 1.54) is 22.6 Å². The van der Waals surface area contributed by atoms with Crippen LogP contribution in [0.25, 0.3) is 5.69 Å². The maximum absolute atomic E-state index is 4.79. The molecule has 0 bridgehead atoms. The van der Waals surface area contributed by atoms with Gasteiger partial charge >= 0.3 is 0 Å². The van der Waals surface area contributed by atoms with Crippen LogP contribution in [0, 0.1) is 6.92 Å². The van der Waals surface area contributed by atoms with Gasteiger partial charge in [-0.2, -0.15) is 5.10 Å². The van der Waals surface area contributed by atoms with Gasteiger partial charge in [0.05, 0.1) is 11.4 Å². The fourth-order valence-electron chi connectivity index (χ4n) is 2.54. The number of benzene rings is 1. The Morgan fingerprint density at radius 2 is 1.94 bits per heavy atom. The zero-order chi connectivity index (χ0) is 12.7. The largest absolute Gasteiger partial charge is 0.369 e. The normalized spacial score (nSPS) is 13.8. The third-order valence-corrected chi connectivity index (χ3v) is 3.51. The fraction of sp³-hybridized carbons (Fsp3) is 0.400. The molecule has 3 rings (SSSR count). The van der Waals surface area contributed by atoms with E-state index in [9.17, 15) is 0 Å². The van der Waals surface area contributed by atoms with Crippen LogP contribution in [0.4, 0.5) is 5.82 Å². The molecule has 1 N–H and O–H groups in total. The summed E-state index contributed by atoms with van der Waals surface area (Å²) >= 11 is 0. The lowest BCUT2D eigenvalue weighted by Crippen LogP contribution is -2.05. The highest BCUT2D eigenvalue weighted by Gasteiger charge is 2.24. The summed E-state index contributed by atoms with van der Waals surface area (Å²) in [5, 5.41) is 8.24. The summed E-state index contributed by atoms with van der Waals surface area (Å²) in [6.45, 7) is 7.55. The summed E-state index contributed by atoms with van der Waals surface area (Å²) in [7, 11) is 0. The maximum atomic E-state index is 4.79. The molecule has 0 saturated carbocycles. The first kappa shape index (κ1) is 11.3. The van der Waals surface area contributed by atoms with Crippen molar-refractivity contribution in [3.05, 3.63) is 41.1 Å². The van der Waals surface area contributed by atoms with Crippen molar-refractivity contribution in [2.45, 2.75) is 33.1 Å². The lowest BCUT2D eigenvalue weighted by atomic mass is 10.1. The second-order valence-electron chi connectivity index (χ2n) is 5.29. The first-order chi connectivity index (χ1) is 8.66. The van der Waals surface area contributed by atoms with Gasteiger partial charge < -0.3 is 5.32 Å². The van der Waals surface area contributed by atoms with Crippen LogP contribution in [-0.2, 0) is 6.42 Å². The van der Waals surface area contributed by atoms with Gasteiger partial charge in [-0.3, -0.25) is 0 Å². The lowest BCUT2D eigenvalue weighted by molar-refractivity contribution is 0.756. The molecule has 0 radical (unpaired) electrons. The van der Waals surface area contributed by atoms with Gasteiger partial charge in [-0.25, -0.2) is 4.68 Å². The summed E-state index contributed by atoms with van der Waals surface area (Å²) in [6, 6.07) is 8.53. The number of aromatic nitrogens is 2. The molecule has 1 aromatic heterocycles. The molecule has 0 amide bonds. The van der Waals surface area contributed by atoms with Gasteiger partial charge in [0.2, 0.25) is 0 Å². The highest BCUT2D eigenvalue weighted by molar-refractivity contribution is 5.57. The summed E-state index contributed by atoms with van der Waals surface area (Å²) < 4.78 is 2.05. The van der Waals surface area contributed by atoms with Crippen LogP contribution in [0.2, 0.25) is 0 Å². The molecule has 3 heteroatoms. The Morgan fingerprint density at radius 1 is 1.22 bits per heavy atom. The van der Waals surface area contributed by atoms with Crippen LogP contribution < -0.4 is 5.32 Å². The van der Waals surface area contributed by atoms with Crippen LogP contribution in [0.3, 0.4) is 0 Å². The van der Waals surface area contributed by atoms with Crippen molar-refractivity contribution < 1.29 is 0 Å². The molecule has 0 unspecified atom stereocenters. The minimum absolute atomic E-state index is 0.477. The third kappa shape index (κ3) is 1.70. The van der Waals surface area contributed by atoms with E-state index >= 15 is 0 Å². The van der Waals surface area contributed by atoms with E-state index in [2.05, 4.69) is 55.0 Å². The topological polar surface area (TPSA) is 29.9 Å². The Hall–Kier alpha value is -1.77. The monoisotopic (exact) mass is 241 g/mol. The Labute approximate surface area is 108 Å². The zero-order valence-electron chi connectivity index (χ0n) is 11.2. The van der Waals surface area contributed by atoms with Gasteiger partial charge in [-0.05, 0) is 31.4 Å². The van der Waals surface area contributed by atoms with E-state index in [0.29, 0.717) is 5.92 Å². The molecule has 1 aliphatic heterocycles. The molecule has 0 spiro atoms. The van der Waals surface area contributed by atoms with Gasteiger partial charge in [0.15, 0.2) is 0 Å². The minimum atomic E-state index is 0.477. The molecule has 2 aromatic rings. The molecule has 1 aliphatic rings. The Balaban J connectivity index is 2.13. The summed E-state index contributed by atoms with van der Waals surface area (Å²) in [4.78, 5) is 0. The van der Waals surface area contributed by atoms with Crippen molar-refractivity contribution in [1.29, 1.82) is 0 Å². The number of aryl methyl sites for hydroxylation is 1. The second kappa shape index (κ2) is 4.16. The molecule has 0 aliphatic carbocycles. The van der Waals surface area contributed by atoms with Crippen LogP contribution in [0.1, 0.15) is 36.6 Å². The van der Waals surface area contributed by atoms with E-state index in [1.54, 1.807) is 0 Å². The smallest absolute Gasteiger partial charge is 0.133 e. The number of hydrogen-bond donors (Lipinski definition) is 1. The number of anilines is 1. The summed E-state index contributed by atoms with van der Waals surface area (Å²) in [5.41, 5.74) is 5.04. The Morgan fingerprint density at radius 3 is 2.61 bits per heavy atom. The van der Waals surface area contributed by atoms with Crippen LogP contribution in [-0.4, -0.2) is 16.3 Å². The number of nitrogens with zero attached hydrogens (tertiary/aromatic N) is 2. The first-order valence-electron chi connectivity index (χ1n) is 6.59. The zero-order valence-corrected chi connectivity index (χ0v) is 11.2. The van der Waals surface area contributed by atoms with Gasteiger partial charge in [-0.1, -0.05) is 31.5 Å². The molecule has 0 atom stereocenters. The third-order valence-electron chi connectivity index (χ3n) is 3.51. The van der Waals surface area contributed by atoms with Crippen molar-refractivity contribution >= 4 is 5.82 Å². The van der Waals surface area contributed by atoms with Crippen molar-refractivity contribution in [2.24, 2.45) is 0 Å². The number of nitrogens with one attached hydrogen (secondary N) is 1. The van der Waals surface area contributed by atoms with Gasteiger partial charge in [0.25, 0.3) is 0 Å². The lowest BCUT2D eigenvalue weighted by Gasteiger charge is -2.07. The van der Waals surface area contributed by atoms with Gasteiger partial charge in [0.1, 0.15) is 5.82 Å². The van der Waals surface area contributed by atoms with E-state index in [0.717, 1.165) is 18.7 Å². The summed E-state index contributed by atoms with van der Waals surface area (Å²) in [5.74, 6) is 1.66. The van der Waals surface area contributed by atoms with E-state index in [-0.39, 0.29) is 0 Å². The van der Waals surface area contributed by atoms with Crippen molar-refractivity contribution in [3.8, 4) is 5.69 Å². The average Bonchev–Trinajstić information content (AvgIpc) is 2.91. The minimum Gasteiger partial charge on any atom is -0.369 e. The van der Waals surface area contributed by atoms with E-state index in [1.807, 2.05) is 0 Å². The summed E-state index contributed by atoms with van der Waals surface area (Å²) in [6.07, 6.45) is 1.09. The number of rotatable bonds is 2. The number of hydrogen-bond acceptors (Lipinski definition) is 2. The van der Waals surface area contributed by atoms with Crippen LogP contribution in [0.15, 0.2) is 24.3 Å². The average molecular weight is 241 g/mol. The molecule has 0 fully saturated rings. The van der Waals surface area contributed by atoms with Crippen molar-refractivity contribution in [1.82, 2.24) is 9.78 Å². The number of fused-ring (bicyclic) bond motifs is 1. The Kier molecular flexibility index (Phi) is 2.62. The Bertz CT molecular complexity index is 564. The molecule has 94 valence electrons.